The van der Waals surface area contributed by atoms with Gasteiger partial charge in [0.15, 0.2) is 5.82 Å². The number of benzene rings is 1. The van der Waals surface area contributed by atoms with Crippen molar-refractivity contribution in [2.75, 3.05) is 18.8 Å². The summed E-state index contributed by atoms with van der Waals surface area (Å²) in [6, 6.07) is -0.0292. The first-order chi connectivity index (χ1) is 18.9. The number of nitrogen functional groups attached to an aromatic ring is 1. The molecule has 3 atom stereocenters. The second-order valence-corrected chi connectivity index (χ2v) is 9.15. The summed E-state index contributed by atoms with van der Waals surface area (Å²) in [6.07, 6.45) is -12.9. The van der Waals surface area contributed by atoms with E-state index in [1.165, 1.54) is 0 Å². The van der Waals surface area contributed by atoms with Gasteiger partial charge in [0.25, 0.3) is 11.8 Å². The highest BCUT2D eigenvalue weighted by molar-refractivity contribution is 5.97. The second-order valence-electron chi connectivity index (χ2n) is 9.15. The van der Waals surface area contributed by atoms with Gasteiger partial charge in [-0.25, -0.2) is 22.7 Å². The highest BCUT2D eigenvalue weighted by atomic mass is 19.4. The number of likely N-dealkylation sites (tertiary alicyclic amines) is 1. The van der Waals surface area contributed by atoms with Gasteiger partial charge in [0, 0.05) is 12.1 Å². The average molecular weight is 598 g/mol. The van der Waals surface area contributed by atoms with E-state index in [9.17, 15) is 49.8 Å². The molecule has 3 aromatic rings. The van der Waals surface area contributed by atoms with Gasteiger partial charge >= 0.3 is 12.4 Å². The molecule has 41 heavy (non-hydrogen) atoms. The maximum atomic E-state index is 15.5. The van der Waals surface area contributed by atoms with Gasteiger partial charge in [-0.1, -0.05) is 6.92 Å². The van der Waals surface area contributed by atoms with E-state index in [4.69, 9.17) is 5.73 Å². The van der Waals surface area contributed by atoms with Crippen LogP contribution in [0.15, 0.2) is 24.5 Å². The standard InChI is InChI=1S/C23H19F9N6O3/c1-2-21(41,23(30,31)32)20(40)37-6-12(25)13(7-37)36-19(39)15-11(24)4-3-9(16(15)26)14-5-10(22(27,28)29)17-18(33)34-8-35-38(14)17/h3-5,8,12-13,41H,2,6-7H2,1H3,(H,36,39)(H2,33,34,35)/t12-,13+,21?/m0/s1. The monoisotopic (exact) mass is 598 g/mol. The summed E-state index contributed by atoms with van der Waals surface area (Å²) in [6.45, 7) is -0.995. The summed E-state index contributed by atoms with van der Waals surface area (Å²) in [5.41, 5.74) is -3.08. The van der Waals surface area contributed by atoms with Crippen LogP contribution in [0.5, 0.6) is 0 Å². The lowest BCUT2D eigenvalue weighted by molar-refractivity contribution is -0.256. The maximum Gasteiger partial charge on any atom is 0.426 e. The first kappa shape index (κ1) is 29.9. The summed E-state index contributed by atoms with van der Waals surface area (Å²) in [4.78, 5) is 29.0. The van der Waals surface area contributed by atoms with Crippen molar-refractivity contribution >= 4 is 23.1 Å². The molecule has 1 fully saturated rings. The molecule has 222 valence electrons. The Morgan fingerprint density at radius 1 is 1.15 bits per heavy atom. The molecule has 4 N–H and O–H groups in total. The number of aromatic nitrogens is 3. The molecule has 0 bridgehead atoms. The van der Waals surface area contributed by atoms with Crippen molar-refractivity contribution in [1.29, 1.82) is 0 Å². The summed E-state index contributed by atoms with van der Waals surface area (Å²) in [7, 11) is 0. The molecule has 0 spiro atoms. The fraction of sp³-hybridized carbons (Fsp3) is 0.391. The number of nitrogens with two attached hydrogens (primary N) is 1. The van der Waals surface area contributed by atoms with E-state index < -0.39 is 107 Å². The molecule has 1 aliphatic rings. The van der Waals surface area contributed by atoms with Crippen molar-refractivity contribution in [2.45, 2.75) is 43.5 Å². The molecular formula is C23H19F9N6O3. The summed E-state index contributed by atoms with van der Waals surface area (Å²) in [5, 5.41) is 15.4. The zero-order valence-electron chi connectivity index (χ0n) is 20.6. The van der Waals surface area contributed by atoms with Gasteiger partial charge in [-0.15, -0.1) is 0 Å². The number of halogens is 9. The third kappa shape index (κ3) is 5.00. The molecule has 0 saturated carbocycles. The number of carbonyl (C=O) groups is 2. The minimum absolute atomic E-state index is 0.311. The Bertz CT molecular complexity index is 1520. The third-order valence-electron chi connectivity index (χ3n) is 6.67. The fourth-order valence-corrected chi connectivity index (χ4v) is 4.48. The molecule has 1 saturated heterocycles. The molecule has 18 heteroatoms. The van der Waals surface area contributed by atoms with Gasteiger partial charge < -0.3 is 21.1 Å². The highest BCUT2D eigenvalue weighted by Crippen LogP contribution is 2.40. The number of anilines is 1. The smallest absolute Gasteiger partial charge is 0.382 e. The van der Waals surface area contributed by atoms with Gasteiger partial charge in [0.1, 0.15) is 35.2 Å². The van der Waals surface area contributed by atoms with Crippen LogP contribution < -0.4 is 11.1 Å². The first-order valence-corrected chi connectivity index (χ1v) is 11.6. The van der Waals surface area contributed by atoms with E-state index in [-0.39, 0.29) is 0 Å². The lowest BCUT2D eigenvalue weighted by Crippen LogP contribution is -2.57. The average Bonchev–Trinajstić information content (AvgIpc) is 3.44. The predicted molar refractivity (Wildman–Crippen MR) is 122 cm³/mol. The summed E-state index contributed by atoms with van der Waals surface area (Å²) in [5.74, 6) is -7.29. The Morgan fingerprint density at radius 2 is 1.80 bits per heavy atom. The van der Waals surface area contributed by atoms with E-state index in [0.717, 1.165) is 19.3 Å². The Balaban J connectivity index is 1.67. The van der Waals surface area contributed by atoms with Crippen molar-refractivity contribution in [3.63, 3.8) is 0 Å². The zero-order chi connectivity index (χ0) is 30.7. The molecule has 2 amide bonds. The van der Waals surface area contributed by atoms with E-state index in [1.807, 2.05) is 5.32 Å². The quantitative estimate of drug-likeness (QED) is 0.388. The van der Waals surface area contributed by atoms with E-state index in [2.05, 4.69) is 10.1 Å². The van der Waals surface area contributed by atoms with E-state index in [0.29, 0.717) is 21.5 Å². The zero-order valence-corrected chi connectivity index (χ0v) is 20.6. The molecule has 0 aliphatic carbocycles. The maximum absolute atomic E-state index is 15.5. The Hall–Kier alpha value is -4.09. The van der Waals surface area contributed by atoms with Crippen LogP contribution in [0, 0.1) is 11.6 Å². The van der Waals surface area contributed by atoms with Crippen LogP contribution in [0.25, 0.3) is 16.8 Å². The molecule has 1 aromatic carbocycles. The lowest BCUT2D eigenvalue weighted by atomic mass is 9.98. The molecule has 2 aromatic heterocycles. The second kappa shape index (κ2) is 10.1. The minimum atomic E-state index is -5.40. The van der Waals surface area contributed by atoms with Crippen molar-refractivity contribution < 1.29 is 54.2 Å². The van der Waals surface area contributed by atoms with Crippen molar-refractivity contribution in [1.82, 2.24) is 24.8 Å². The third-order valence-corrected chi connectivity index (χ3v) is 6.67. The van der Waals surface area contributed by atoms with Gasteiger partial charge in [-0.3, -0.25) is 9.59 Å². The van der Waals surface area contributed by atoms with Crippen LogP contribution in [0.3, 0.4) is 0 Å². The molecule has 4 rings (SSSR count). The number of nitrogens with one attached hydrogen (secondary N) is 1. The topological polar surface area (TPSA) is 126 Å². The number of amides is 2. The van der Waals surface area contributed by atoms with Crippen LogP contribution in [-0.4, -0.2) is 73.5 Å². The van der Waals surface area contributed by atoms with Gasteiger partial charge in [0.05, 0.1) is 23.8 Å². The molecule has 1 aliphatic heterocycles. The summed E-state index contributed by atoms with van der Waals surface area (Å²) < 4.78 is 126. The number of hydrogen-bond acceptors (Lipinski definition) is 6. The normalized spacial score (nSPS) is 19.4. The SMILES string of the molecule is CCC(O)(C(=O)N1C[C@H](F)[C@H](NC(=O)c2c(F)ccc(-c3cc(C(F)(F)F)c4c(N)ncnn34)c2F)C1)C(F)(F)F. The number of fused-ring (bicyclic) bond motifs is 1. The Kier molecular flexibility index (Phi) is 7.34. The number of alkyl halides is 7. The number of carbonyl (C=O) groups excluding carboxylic acids is 2. The van der Waals surface area contributed by atoms with Crippen LogP contribution in [0.4, 0.5) is 45.3 Å². The summed E-state index contributed by atoms with van der Waals surface area (Å²) >= 11 is 0. The molecule has 3 heterocycles. The van der Waals surface area contributed by atoms with E-state index >= 15 is 4.39 Å². The minimum Gasteiger partial charge on any atom is -0.382 e. The predicted octanol–water partition coefficient (Wildman–Crippen LogP) is 3.26. The van der Waals surface area contributed by atoms with Crippen LogP contribution in [0.2, 0.25) is 0 Å². The van der Waals surface area contributed by atoms with Crippen LogP contribution in [0.1, 0.15) is 29.3 Å². The largest absolute Gasteiger partial charge is 0.426 e. The van der Waals surface area contributed by atoms with Gasteiger partial charge in [-0.05, 0) is 24.6 Å². The first-order valence-electron chi connectivity index (χ1n) is 11.6. The van der Waals surface area contributed by atoms with Crippen molar-refractivity contribution in [3.05, 3.63) is 47.3 Å². The molecule has 1 unspecified atom stereocenters. The number of hydrogen-bond donors (Lipinski definition) is 3. The molecule has 0 radical (unpaired) electrons. The van der Waals surface area contributed by atoms with Gasteiger partial charge in [-0.2, -0.15) is 31.4 Å². The number of rotatable bonds is 5. The number of nitrogens with zero attached hydrogens (tertiary/aromatic N) is 4. The van der Waals surface area contributed by atoms with Crippen LogP contribution in [-0.2, 0) is 11.0 Å². The van der Waals surface area contributed by atoms with Gasteiger partial charge in [0.2, 0.25) is 5.60 Å². The lowest BCUT2D eigenvalue weighted by Gasteiger charge is -2.31. The van der Waals surface area contributed by atoms with Crippen LogP contribution >= 0.6 is 0 Å². The highest BCUT2D eigenvalue weighted by Gasteiger charge is 2.60. The molecular weight excluding hydrogens is 579 g/mol. The Morgan fingerprint density at radius 3 is 2.39 bits per heavy atom. The van der Waals surface area contributed by atoms with E-state index in [1.54, 1.807) is 0 Å². The fourth-order valence-electron chi connectivity index (χ4n) is 4.48. The molecule has 9 nitrogen and oxygen atoms in total. The van der Waals surface area contributed by atoms with Crippen molar-refractivity contribution in [2.24, 2.45) is 0 Å². The Labute approximate surface area is 223 Å². The number of aliphatic hydroxyl groups is 1. The van der Waals surface area contributed by atoms with Crippen molar-refractivity contribution in [3.8, 4) is 11.3 Å².